The van der Waals surface area contributed by atoms with Crippen LogP contribution >= 0.6 is 0 Å². The van der Waals surface area contributed by atoms with E-state index in [0.717, 1.165) is 0 Å². The van der Waals surface area contributed by atoms with Crippen molar-refractivity contribution in [2.75, 3.05) is 12.3 Å². The standard InChI is InChI=1S/C13H22N2O3S/c1-9(2)6-11(8-16)15-19(17,18)12-4-5-13(14)10(3)7-12/h4-5,7,9,11,15-16H,6,8,14H2,1-3H3. The molecule has 0 aromatic heterocycles. The van der Waals surface area contributed by atoms with Gasteiger partial charge in [0.05, 0.1) is 11.5 Å². The van der Waals surface area contributed by atoms with Gasteiger partial charge in [0.15, 0.2) is 0 Å². The van der Waals surface area contributed by atoms with Gasteiger partial charge in [0.2, 0.25) is 10.0 Å². The SMILES string of the molecule is Cc1cc(S(=O)(=O)NC(CO)CC(C)C)ccc1N. The van der Waals surface area contributed by atoms with E-state index >= 15 is 0 Å². The Hall–Kier alpha value is -1.11. The lowest BCUT2D eigenvalue weighted by atomic mass is 10.1. The Morgan fingerprint density at radius 1 is 1.37 bits per heavy atom. The molecule has 4 N–H and O–H groups in total. The van der Waals surface area contributed by atoms with Gasteiger partial charge < -0.3 is 10.8 Å². The molecule has 108 valence electrons. The summed E-state index contributed by atoms with van der Waals surface area (Å²) in [5, 5.41) is 9.24. The van der Waals surface area contributed by atoms with Crippen molar-refractivity contribution in [2.45, 2.75) is 38.1 Å². The summed E-state index contributed by atoms with van der Waals surface area (Å²) in [6, 6.07) is 4.10. The van der Waals surface area contributed by atoms with Crippen molar-refractivity contribution in [1.29, 1.82) is 0 Å². The largest absolute Gasteiger partial charge is 0.399 e. The minimum Gasteiger partial charge on any atom is -0.399 e. The van der Waals surface area contributed by atoms with Crippen LogP contribution in [0.25, 0.3) is 0 Å². The number of sulfonamides is 1. The topological polar surface area (TPSA) is 92.4 Å². The number of benzene rings is 1. The van der Waals surface area contributed by atoms with E-state index in [1.807, 2.05) is 13.8 Å². The van der Waals surface area contributed by atoms with Crippen molar-refractivity contribution in [1.82, 2.24) is 4.72 Å². The van der Waals surface area contributed by atoms with Crippen molar-refractivity contribution in [3.8, 4) is 0 Å². The molecule has 0 amide bonds. The molecule has 6 heteroatoms. The molecule has 1 unspecified atom stereocenters. The number of nitrogens with one attached hydrogen (secondary N) is 1. The van der Waals surface area contributed by atoms with Crippen molar-refractivity contribution in [3.63, 3.8) is 0 Å². The molecule has 0 aliphatic rings. The van der Waals surface area contributed by atoms with Crippen molar-refractivity contribution < 1.29 is 13.5 Å². The summed E-state index contributed by atoms with van der Waals surface area (Å²) in [5.41, 5.74) is 6.94. The molecule has 1 aromatic carbocycles. The molecule has 0 fully saturated rings. The Morgan fingerprint density at radius 3 is 2.47 bits per heavy atom. The van der Waals surface area contributed by atoms with E-state index in [1.165, 1.54) is 12.1 Å². The number of rotatable bonds is 6. The van der Waals surface area contributed by atoms with E-state index in [0.29, 0.717) is 23.6 Å². The number of hydrogen-bond acceptors (Lipinski definition) is 4. The number of aliphatic hydroxyl groups excluding tert-OH is 1. The minimum absolute atomic E-state index is 0.168. The Balaban J connectivity index is 2.93. The quantitative estimate of drug-likeness (QED) is 0.686. The van der Waals surface area contributed by atoms with E-state index in [-0.39, 0.29) is 11.5 Å². The lowest BCUT2D eigenvalue weighted by Crippen LogP contribution is -2.38. The summed E-state index contributed by atoms with van der Waals surface area (Å²) in [6.45, 7) is 5.49. The lowest BCUT2D eigenvalue weighted by molar-refractivity contribution is 0.240. The molecule has 0 saturated heterocycles. The Kier molecular flexibility index (Phi) is 5.34. The summed E-state index contributed by atoms with van der Waals surface area (Å²) in [5.74, 6) is 0.299. The van der Waals surface area contributed by atoms with E-state index in [9.17, 15) is 13.5 Å². The zero-order chi connectivity index (χ0) is 14.6. The Bertz CT molecular complexity index is 527. The molecule has 0 bridgehead atoms. The summed E-state index contributed by atoms with van der Waals surface area (Å²) in [7, 11) is -3.62. The van der Waals surface area contributed by atoms with Crippen LogP contribution in [0.3, 0.4) is 0 Å². The van der Waals surface area contributed by atoms with Crippen LogP contribution in [0.4, 0.5) is 5.69 Å². The maximum atomic E-state index is 12.2. The fourth-order valence-electron chi connectivity index (χ4n) is 1.83. The fraction of sp³-hybridized carbons (Fsp3) is 0.538. The first-order valence-corrected chi connectivity index (χ1v) is 7.74. The van der Waals surface area contributed by atoms with Crippen LogP contribution in [0.5, 0.6) is 0 Å². The summed E-state index contributed by atoms with van der Waals surface area (Å²) in [4.78, 5) is 0.168. The summed E-state index contributed by atoms with van der Waals surface area (Å²) in [6.07, 6.45) is 0.587. The second kappa shape index (κ2) is 6.36. The number of nitrogen functional groups attached to an aromatic ring is 1. The Morgan fingerprint density at radius 2 is 2.00 bits per heavy atom. The van der Waals surface area contributed by atoms with E-state index in [2.05, 4.69) is 4.72 Å². The molecule has 1 rings (SSSR count). The van der Waals surface area contributed by atoms with Gasteiger partial charge in [-0.25, -0.2) is 13.1 Å². The maximum absolute atomic E-state index is 12.2. The third-order valence-electron chi connectivity index (χ3n) is 2.85. The lowest BCUT2D eigenvalue weighted by Gasteiger charge is -2.18. The zero-order valence-electron chi connectivity index (χ0n) is 11.6. The second-order valence-corrected chi connectivity index (χ2v) is 6.86. The smallest absolute Gasteiger partial charge is 0.240 e. The predicted molar refractivity (Wildman–Crippen MR) is 76.2 cm³/mol. The molecule has 0 saturated carbocycles. The highest BCUT2D eigenvalue weighted by atomic mass is 32.2. The van der Waals surface area contributed by atoms with Gasteiger partial charge in [-0.3, -0.25) is 0 Å². The van der Waals surface area contributed by atoms with Gasteiger partial charge in [-0.1, -0.05) is 13.8 Å². The van der Waals surface area contributed by atoms with Crippen LogP contribution in [0.15, 0.2) is 23.1 Å². The van der Waals surface area contributed by atoms with Crippen molar-refractivity contribution >= 4 is 15.7 Å². The van der Waals surface area contributed by atoms with Crippen molar-refractivity contribution in [2.24, 2.45) is 5.92 Å². The summed E-state index contributed by atoms with van der Waals surface area (Å²) >= 11 is 0. The molecule has 19 heavy (non-hydrogen) atoms. The van der Waals surface area contributed by atoms with Crippen LogP contribution in [-0.4, -0.2) is 26.2 Å². The van der Waals surface area contributed by atoms with Crippen LogP contribution in [0.1, 0.15) is 25.8 Å². The molecule has 0 spiro atoms. The number of anilines is 1. The van der Waals surface area contributed by atoms with Crippen molar-refractivity contribution in [3.05, 3.63) is 23.8 Å². The zero-order valence-corrected chi connectivity index (χ0v) is 12.4. The van der Waals surface area contributed by atoms with Gasteiger partial charge >= 0.3 is 0 Å². The van der Waals surface area contributed by atoms with Crippen LogP contribution in [0, 0.1) is 12.8 Å². The average molecular weight is 286 g/mol. The van der Waals surface area contributed by atoms with Crippen LogP contribution in [-0.2, 0) is 10.0 Å². The highest BCUT2D eigenvalue weighted by Crippen LogP contribution is 2.17. The molecule has 0 aliphatic carbocycles. The van der Waals surface area contributed by atoms with Gasteiger partial charge in [0, 0.05) is 11.7 Å². The number of nitrogens with two attached hydrogens (primary N) is 1. The molecular formula is C13H22N2O3S. The van der Waals surface area contributed by atoms with Gasteiger partial charge in [0.1, 0.15) is 0 Å². The van der Waals surface area contributed by atoms with Gasteiger partial charge in [-0.2, -0.15) is 0 Å². The molecular weight excluding hydrogens is 264 g/mol. The Labute approximate surface area is 114 Å². The third-order valence-corrected chi connectivity index (χ3v) is 4.37. The molecule has 0 radical (unpaired) electrons. The highest BCUT2D eigenvalue weighted by Gasteiger charge is 2.20. The fourth-order valence-corrected chi connectivity index (χ4v) is 3.16. The molecule has 1 atom stereocenters. The molecule has 0 aliphatic heterocycles. The van der Waals surface area contributed by atoms with Crippen LogP contribution in [0.2, 0.25) is 0 Å². The van der Waals surface area contributed by atoms with E-state index in [4.69, 9.17) is 5.73 Å². The molecule has 0 heterocycles. The predicted octanol–water partition coefficient (Wildman–Crippen LogP) is 1.26. The van der Waals surface area contributed by atoms with E-state index in [1.54, 1.807) is 13.0 Å². The number of aryl methyl sites for hydroxylation is 1. The normalized spacial score (nSPS) is 13.7. The summed E-state index contributed by atoms with van der Waals surface area (Å²) < 4.78 is 26.9. The minimum atomic E-state index is -3.62. The average Bonchev–Trinajstić information content (AvgIpc) is 2.30. The monoisotopic (exact) mass is 286 g/mol. The maximum Gasteiger partial charge on any atom is 0.240 e. The second-order valence-electron chi connectivity index (χ2n) is 5.15. The molecule has 5 nitrogen and oxygen atoms in total. The van der Waals surface area contributed by atoms with Gasteiger partial charge in [-0.05, 0) is 43.0 Å². The first-order chi connectivity index (χ1) is 8.76. The van der Waals surface area contributed by atoms with Gasteiger partial charge in [0.25, 0.3) is 0 Å². The van der Waals surface area contributed by atoms with Crippen LogP contribution < -0.4 is 10.5 Å². The van der Waals surface area contributed by atoms with Gasteiger partial charge in [-0.15, -0.1) is 0 Å². The first-order valence-electron chi connectivity index (χ1n) is 6.25. The van der Waals surface area contributed by atoms with E-state index < -0.39 is 16.1 Å². The first kappa shape index (κ1) is 15.9. The highest BCUT2D eigenvalue weighted by molar-refractivity contribution is 7.89. The third kappa shape index (κ3) is 4.49. The molecule has 1 aromatic rings. The number of hydrogen-bond donors (Lipinski definition) is 3. The number of aliphatic hydroxyl groups is 1.